The van der Waals surface area contributed by atoms with Crippen LogP contribution in [0.4, 0.5) is 4.79 Å². The van der Waals surface area contributed by atoms with Gasteiger partial charge in [-0.2, -0.15) is 0 Å². The molecular formula is C28H41NO5. The Hall–Kier alpha value is -2.21. The van der Waals surface area contributed by atoms with E-state index in [0.29, 0.717) is 18.9 Å². The Morgan fingerprint density at radius 3 is 2.79 bits per heavy atom. The number of likely N-dealkylation sites (tertiary alicyclic amines) is 1. The Morgan fingerprint density at radius 2 is 2.09 bits per heavy atom. The molecule has 2 fully saturated rings. The van der Waals surface area contributed by atoms with Crippen molar-refractivity contribution in [3.63, 3.8) is 0 Å². The molecule has 3 heterocycles. The molecule has 1 aromatic rings. The smallest absolute Gasteiger partial charge is 0.410 e. The van der Waals surface area contributed by atoms with Crippen LogP contribution in [0.3, 0.4) is 0 Å². The average Bonchev–Trinajstić information content (AvgIpc) is 2.74. The SMILES string of the molecule is CC(C)=CCC[C@]1(C)Oc2c(O)cccc2[C@H]2OC[C@]3(CCCN(C(=O)OC(C)(C)C)C3)C[C@@H]21. The van der Waals surface area contributed by atoms with E-state index in [-0.39, 0.29) is 29.3 Å². The Kier molecular flexibility index (Phi) is 6.67. The van der Waals surface area contributed by atoms with E-state index in [9.17, 15) is 9.90 Å². The first-order valence-corrected chi connectivity index (χ1v) is 12.7. The molecule has 1 aromatic carbocycles. The highest BCUT2D eigenvalue weighted by Crippen LogP contribution is 2.57. The molecule has 6 nitrogen and oxygen atoms in total. The van der Waals surface area contributed by atoms with E-state index in [1.807, 2.05) is 37.8 Å². The fourth-order valence-corrected chi connectivity index (χ4v) is 5.90. The van der Waals surface area contributed by atoms with Gasteiger partial charge in [0.15, 0.2) is 11.5 Å². The summed E-state index contributed by atoms with van der Waals surface area (Å²) in [6.07, 6.45) is 6.49. The largest absolute Gasteiger partial charge is 0.504 e. The molecule has 1 spiro atoms. The number of rotatable bonds is 3. The molecular weight excluding hydrogens is 430 g/mol. The molecule has 4 atom stereocenters. The van der Waals surface area contributed by atoms with Crippen LogP contribution in [0, 0.1) is 11.3 Å². The molecule has 1 N–H and O–H groups in total. The minimum atomic E-state index is -0.512. The monoisotopic (exact) mass is 471 g/mol. The Labute approximate surface area is 204 Å². The van der Waals surface area contributed by atoms with Gasteiger partial charge in [-0.05, 0) is 79.7 Å². The van der Waals surface area contributed by atoms with Crippen molar-refractivity contribution in [3.8, 4) is 11.5 Å². The normalized spacial score (nSPS) is 30.7. The number of piperidine rings is 1. The van der Waals surface area contributed by atoms with Crippen LogP contribution < -0.4 is 4.74 Å². The van der Waals surface area contributed by atoms with Gasteiger partial charge < -0.3 is 24.2 Å². The van der Waals surface area contributed by atoms with Crippen LogP contribution in [0.25, 0.3) is 0 Å². The van der Waals surface area contributed by atoms with Crippen molar-refractivity contribution in [2.75, 3.05) is 19.7 Å². The van der Waals surface area contributed by atoms with Crippen LogP contribution in [0.1, 0.15) is 85.3 Å². The predicted octanol–water partition coefficient (Wildman–Crippen LogP) is 6.38. The predicted molar refractivity (Wildman–Crippen MR) is 132 cm³/mol. The summed E-state index contributed by atoms with van der Waals surface area (Å²) in [5, 5.41) is 10.6. The zero-order valence-corrected chi connectivity index (χ0v) is 21.6. The number of aromatic hydroxyl groups is 1. The van der Waals surface area contributed by atoms with E-state index in [1.54, 1.807) is 6.07 Å². The maximum atomic E-state index is 12.9. The van der Waals surface area contributed by atoms with E-state index >= 15 is 0 Å². The zero-order chi connectivity index (χ0) is 24.7. The summed E-state index contributed by atoms with van der Waals surface area (Å²) in [6, 6.07) is 5.55. The molecule has 188 valence electrons. The fraction of sp³-hybridized carbons (Fsp3) is 0.679. The van der Waals surface area contributed by atoms with Gasteiger partial charge in [-0.15, -0.1) is 0 Å². The first-order chi connectivity index (χ1) is 15.9. The van der Waals surface area contributed by atoms with Crippen LogP contribution in [-0.4, -0.2) is 47.0 Å². The molecule has 0 aromatic heterocycles. The lowest BCUT2D eigenvalue weighted by Gasteiger charge is -2.55. The summed E-state index contributed by atoms with van der Waals surface area (Å²) in [4.78, 5) is 14.7. The molecule has 6 heteroatoms. The fourth-order valence-electron chi connectivity index (χ4n) is 5.90. The third kappa shape index (κ3) is 5.07. The van der Waals surface area contributed by atoms with Crippen LogP contribution in [-0.2, 0) is 9.47 Å². The molecule has 34 heavy (non-hydrogen) atoms. The molecule has 0 bridgehead atoms. The maximum Gasteiger partial charge on any atom is 0.410 e. The quantitative estimate of drug-likeness (QED) is 0.518. The number of phenolic OH excluding ortho intramolecular Hbond substituents is 1. The van der Waals surface area contributed by atoms with Crippen molar-refractivity contribution in [3.05, 3.63) is 35.4 Å². The van der Waals surface area contributed by atoms with E-state index in [0.717, 1.165) is 44.2 Å². The molecule has 4 rings (SSSR count). The van der Waals surface area contributed by atoms with Crippen LogP contribution in [0.5, 0.6) is 11.5 Å². The number of allylic oxidation sites excluding steroid dienone is 2. The summed E-state index contributed by atoms with van der Waals surface area (Å²) in [5.74, 6) is 0.847. The first-order valence-electron chi connectivity index (χ1n) is 12.7. The number of fused-ring (bicyclic) bond motifs is 3. The molecule has 2 saturated heterocycles. The van der Waals surface area contributed by atoms with Crippen LogP contribution in [0.2, 0.25) is 0 Å². The van der Waals surface area contributed by atoms with Gasteiger partial charge in [-0.3, -0.25) is 0 Å². The second-order valence-corrected chi connectivity index (χ2v) is 12.0. The van der Waals surface area contributed by atoms with Gasteiger partial charge in [0.05, 0.1) is 12.7 Å². The van der Waals surface area contributed by atoms with E-state index in [2.05, 4.69) is 26.8 Å². The molecule has 0 unspecified atom stereocenters. The number of para-hydroxylation sites is 1. The van der Waals surface area contributed by atoms with Gasteiger partial charge in [0, 0.05) is 30.0 Å². The number of nitrogens with zero attached hydrogens (tertiary/aromatic N) is 1. The van der Waals surface area contributed by atoms with Crippen molar-refractivity contribution in [1.29, 1.82) is 0 Å². The van der Waals surface area contributed by atoms with Crippen molar-refractivity contribution in [2.45, 2.75) is 91.0 Å². The van der Waals surface area contributed by atoms with Crippen molar-refractivity contribution in [2.24, 2.45) is 11.3 Å². The summed E-state index contributed by atoms with van der Waals surface area (Å²) >= 11 is 0. The van der Waals surface area contributed by atoms with Crippen molar-refractivity contribution in [1.82, 2.24) is 4.90 Å². The van der Waals surface area contributed by atoms with E-state index < -0.39 is 11.2 Å². The van der Waals surface area contributed by atoms with E-state index in [4.69, 9.17) is 14.2 Å². The molecule has 0 saturated carbocycles. The third-order valence-corrected chi connectivity index (χ3v) is 7.54. The molecule has 3 aliphatic heterocycles. The number of benzene rings is 1. The number of phenols is 1. The van der Waals surface area contributed by atoms with Gasteiger partial charge in [0.25, 0.3) is 0 Å². The number of amides is 1. The number of carbonyl (C=O) groups excluding carboxylic acids is 1. The molecule has 0 radical (unpaired) electrons. The van der Waals surface area contributed by atoms with Crippen molar-refractivity contribution < 1.29 is 24.1 Å². The number of carbonyl (C=O) groups is 1. The van der Waals surface area contributed by atoms with Gasteiger partial charge >= 0.3 is 6.09 Å². The second-order valence-electron chi connectivity index (χ2n) is 12.0. The lowest BCUT2D eigenvalue weighted by Crippen LogP contribution is -2.57. The Bertz CT molecular complexity index is 947. The molecule has 3 aliphatic rings. The number of ether oxygens (including phenoxy) is 3. The Morgan fingerprint density at radius 1 is 1.32 bits per heavy atom. The van der Waals surface area contributed by atoms with Crippen LogP contribution in [0.15, 0.2) is 29.8 Å². The Balaban J connectivity index is 1.61. The highest BCUT2D eigenvalue weighted by molar-refractivity contribution is 5.68. The highest BCUT2D eigenvalue weighted by Gasteiger charge is 2.55. The lowest BCUT2D eigenvalue weighted by atomic mass is 9.64. The minimum absolute atomic E-state index is 0.119. The average molecular weight is 472 g/mol. The second kappa shape index (κ2) is 9.10. The van der Waals surface area contributed by atoms with Gasteiger partial charge in [0.1, 0.15) is 11.2 Å². The van der Waals surface area contributed by atoms with Gasteiger partial charge in [-0.25, -0.2) is 4.79 Å². The molecule has 0 aliphatic carbocycles. The van der Waals surface area contributed by atoms with Crippen LogP contribution >= 0.6 is 0 Å². The maximum absolute atomic E-state index is 12.9. The highest BCUT2D eigenvalue weighted by atomic mass is 16.6. The number of hydrogen-bond acceptors (Lipinski definition) is 5. The van der Waals surface area contributed by atoms with Crippen molar-refractivity contribution >= 4 is 6.09 Å². The zero-order valence-electron chi connectivity index (χ0n) is 21.6. The third-order valence-electron chi connectivity index (χ3n) is 7.54. The summed E-state index contributed by atoms with van der Waals surface area (Å²) in [6.45, 7) is 14.1. The summed E-state index contributed by atoms with van der Waals surface area (Å²) in [5.41, 5.74) is 1.10. The summed E-state index contributed by atoms with van der Waals surface area (Å²) in [7, 11) is 0. The number of hydrogen-bond donors (Lipinski definition) is 1. The standard InChI is InChI=1S/C28H41NO5/c1-19(2)10-8-13-27(6)21-16-28(14-9-15-29(17-28)25(31)34-26(3,4)5)18-32-23(21)20-11-7-12-22(30)24(20)33-27/h7,10-12,21,23,30H,8-9,13-18H2,1-6H3/t21-,23+,27-,28+/m0/s1. The molecule has 1 amide bonds. The summed E-state index contributed by atoms with van der Waals surface area (Å²) < 4.78 is 18.9. The topological polar surface area (TPSA) is 68.2 Å². The van der Waals surface area contributed by atoms with E-state index in [1.165, 1.54) is 5.57 Å². The first kappa shape index (κ1) is 24.9. The lowest BCUT2D eigenvalue weighted by molar-refractivity contribution is -0.181. The minimum Gasteiger partial charge on any atom is -0.504 e. The van der Waals surface area contributed by atoms with Gasteiger partial charge in [-0.1, -0.05) is 23.8 Å². The van der Waals surface area contributed by atoms with Gasteiger partial charge in [0.2, 0.25) is 0 Å².